The summed E-state index contributed by atoms with van der Waals surface area (Å²) in [5, 5.41) is 5.49. The summed E-state index contributed by atoms with van der Waals surface area (Å²) in [5.74, 6) is -0.652. The summed E-state index contributed by atoms with van der Waals surface area (Å²) < 4.78 is 20.8. The number of carbonyl (C=O) groups excluding carboxylic acids is 2. The zero-order chi connectivity index (χ0) is 21.7. The maximum atomic E-state index is 14.8. The van der Waals surface area contributed by atoms with Crippen molar-refractivity contribution in [2.45, 2.75) is 58.6 Å². The zero-order valence-electron chi connectivity index (χ0n) is 17.7. The Labute approximate surface area is 177 Å². The molecule has 0 aliphatic heterocycles. The van der Waals surface area contributed by atoms with Crippen LogP contribution in [-0.4, -0.2) is 17.9 Å². The van der Waals surface area contributed by atoms with Gasteiger partial charge in [-0.1, -0.05) is 37.3 Å². The van der Waals surface area contributed by atoms with Crippen LogP contribution in [0.3, 0.4) is 0 Å². The lowest BCUT2D eigenvalue weighted by atomic mass is 9.87. The lowest BCUT2D eigenvalue weighted by Gasteiger charge is -2.27. The van der Waals surface area contributed by atoms with E-state index in [-0.39, 0.29) is 28.9 Å². The third-order valence-corrected chi connectivity index (χ3v) is 5.54. The van der Waals surface area contributed by atoms with E-state index in [1.54, 1.807) is 0 Å². The number of anilines is 1. The Hall–Kier alpha value is -2.89. The minimum Gasteiger partial charge on any atom is -0.484 e. The minimum absolute atomic E-state index is 0.0617. The third-order valence-electron chi connectivity index (χ3n) is 5.54. The van der Waals surface area contributed by atoms with Gasteiger partial charge in [-0.3, -0.25) is 9.59 Å². The van der Waals surface area contributed by atoms with E-state index in [2.05, 4.69) is 17.6 Å². The van der Waals surface area contributed by atoms with Crippen LogP contribution in [0.1, 0.15) is 68.5 Å². The van der Waals surface area contributed by atoms with Gasteiger partial charge in [0.2, 0.25) is 5.91 Å². The summed E-state index contributed by atoms with van der Waals surface area (Å²) in [5.41, 5.74) is 1.02. The maximum absolute atomic E-state index is 14.8. The Bertz CT molecular complexity index is 893. The summed E-state index contributed by atoms with van der Waals surface area (Å²) in [6.07, 6.45) is 3.60. The number of amides is 2. The highest BCUT2D eigenvalue weighted by Gasteiger charge is 2.23. The van der Waals surface area contributed by atoms with Crippen molar-refractivity contribution in [3.63, 3.8) is 0 Å². The van der Waals surface area contributed by atoms with E-state index in [0.717, 1.165) is 37.3 Å². The van der Waals surface area contributed by atoms with E-state index in [4.69, 9.17) is 4.74 Å². The predicted octanol–water partition coefficient (Wildman–Crippen LogP) is 5.23. The first-order chi connectivity index (χ1) is 14.3. The molecule has 0 aromatic heterocycles. The summed E-state index contributed by atoms with van der Waals surface area (Å²) in [6.45, 7) is 5.35. The molecule has 2 aromatic carbocycles. The first-order valence-corrected chi connectivity index (χ1v) is 10.5. The quantitative estimate of drug-likeness (QED) is 0.682. The second kappa shape index (κ2) is 9.74. The van der Waals surface area contributed by atoms with Crippen LogP contribution in [0.4, 0.5) is 10.1 Å². The Morgan fingerprint density at radius 3 is 2.40 bits per heavy atom. The van der Waals surface area contributed by atoms with Crippen molar-refractivity contribution < 1.29 is 18.7 Å². The Kier molecular flexibility index (Phi) is 7.08. The number of ether oxygens (including phenoxy) is 1. The first-order valence-electron chi connectivity index (χ1n) is 10.5. The van der Waals surface area contributed by atoms with E-state index in [1.807, 2.05) is 37.3 Å². The largest absolute Gasteiger partial charge is 0.484 e. The molecule has 1 unspecified atom stereocenters. The molecule has 5 nitrogen and oxygen atoms in total. The number of carbonyl (C=O) groups is 2. The van der Waals surface area contributed by atoms with Gasteiger partial charge >= 0.3 is 0 Å². The molecule has 0 bridgehead atoms. The van der Waals surface area contributed by atoms with Crippen molar-refractivity contribution in [1.29, 1.82) is 0 Å². The molecular weight excluding hydrogens is 383 g/mol. The molecule has 0 spiro atoms. The van der Waals surface area contributed by atoms with Crippen LogP contribution in [-0.2, 0) is 4.79 Å². The number of hydrogen-bond acceptors (Lipinski definition) is 3. The van der Waals surface area contributed by atoms with Gasteiger partial charge in [0, 0.05) is 18.5 Å². The van der Waals surface area contributed by atoms with Gasteiger partial charge in [-0.25, -0.2) is 4.39 Å². The summed E-state index contributed by atoms with van der Waals surface area (Å²) in [7, 11) is 0. The number of halogens is 1. The average Bonchev–Trinajstić information content (AvgIpc) is 2.72. The molecule has 160 valence electrons. The van der Waals surface area contributed by atoms with Crippen molar-refractivity contribution in [2.75, 3.05) is 5.32 Å². The number of nitrogens with one attached hydrogen (secondary N) is 2. The van der Waals surface area contributed by atoms with Crippen LogP contribution in [0.2, 0.25) is 0 Å². The van der Waals surface area contributed by atoms with E-state index in [9.17, 15) is 14.0 Å². The van der Waals surface area contributed by atoms with Gasteiger partial charge in [-0.2, -0.15) is 0 Å². The third kappa shape index (κ3) is 5.59. The van der Waals surface area contributed by atoms with Crippen LogP contribution in [0.5, 0.6) is 5.75 Å². The Balaban J connectivity index is 1.84. The van der Waals surface area contributed by atoms with Crippen LogP contribution >= 0.6 is 0 Å². The van der Waals surface area contributed by atoms with Crippen LogP contribution in [0, 0.1) is 11.7 Å². The zero-order valence-corrected chi connectivity index (χ0v) is 17.7. The second-order valence-electron chi connectivity index (χ2n) is 8.11. The molecule has 1 atom stereocenters. The monoisotopic (exact) mass is 412 g/mol. The Morgan fingerprint density at radius 2 is 1.77 bits per heavy atom. The topological polar surface area (TPSA) is 67.4 Å². The van der Waals surface area contributed by atoms with E-state index >= 15 is 0 Å². The molecule has 2 aromatic rings. The van der Waals surface area contributed by atoms with Crippen molar-refractivity contribution >= 4 is 17.5 Å². The molecule has 1 aliphatic rings. The fraction of sp³-hybridized carbons (Fsp3) is 0.417. The van der Waals surface area contributed by atoms with Crippen molar-refractivity contribution in [3.8, 4) is 5.75 Å². The molecule has 2 N–H and O–H groups in total. The minimum atomic E-state index is -0.703. The number of rotatable bonds is 6. The summed E-state index contributed by atoms with van der Waals surface area (Å²) in [6, 6.07) is 12.2. The normalized spacial score (nSPS) is 19.6. The first kappa shape index (κ1) is 21.8. The highest BCUT2D eigenvalue weighted by Crippen LogP contribution is 2.33. The molecule has 0 saturated heterocycles. The fourth-order valence-electron chi connectivity index (χ4n) is 3.76. The standard InChI is InChI=1S/C24H29FN2O3/c1-15-9-11-20(12-10-15)27-24(29)19-13-21(25)23(26-17(3)28)22(14-19)30-16(2)18-7-5-4-6-8-18/h4-8,13-16,20H,9-12H2,1-3H3,(H,26,28)(H,27,29). The molecule has 3 rings (SSSR count). The summed E-state index contributed by atoms with van der Waals surface area (Å²) in [4.78, 5) is 24.3. The molecule has 0 radical (unpaired) electrons. The molecule has 30 heavy (non-hydrogen) atoms. The SMILES string of the molecule is CC(=O)Nc1c(F)cc(C(=O)NC2CCC(C)CC2)cc1OC(C)c1ccccc1. The average molecular weight is 413 g/mol. The molecule has 1 saturated carbocycles. The van der Waals surface area contributed by atoms with Gasteiger partial charge < -0.3 is 15.4 Å². The fourth-order valence-corrected chi connectivity index (χ4v) is 3.76. The molecule has 0 heterocycles. The van der Waals surface area contributed by atoms with Gasteiger partial charge in [0.25, 0.3) is 5.91 Å². The molecule has 1 fully saturated rings. The highest BCUT2D eigenvalue weighted by molar-refractivity contribution is 5.97. The van der Waals surface area contributed by atoms with Crippen molar-refractivity contribution in [2.24, 2.45) is 5.92 Å². The van der Waals surface area contributed by atoms with Gasteiger partial charge in [0.15, 0.2) is 5.82 Å². The number of benzene rings is 2. The van der Waals surface area contributed by atoms with Crippen LogP contribution in [0.15, 0.2) is 42.5 Å². The smallest absolute Gasteiger partial charge is 0.251 e. The Morgan fingerprint density at radius 1 is 1.10 bits per heavy atom. The van der Waals surface area contributed by atoms with Crippen molar-refractivity contribution in [3.05, 3.63) is 59.4 Å². The number of hydrogen-bond donors (Lipinski definition) is 2. The molecule has 1 aliphatic carbocycles. The molecule has 6 heteroatoms. The van der Waals surface area contributed by atoms with Crippen LogP contribution in [0.25, 0.3) is 0 Å². The summed E-state index contributed by atoms with van der Waals surface area (Å²) >= 11 is 0. The van der Waals surface area contributed by atoms with E-state index in [0.29, 0.717) is 5.92 Å². The highest BCUT2D eigenvalue weighted by atomic mass is 19.1. The molecular formula is C24H29FN2O3. The van der Waals surface area contributed by atoms with Gasteiger partial charge in [0.1, 0.15) is 17.5 Å². The maximum Gasteiger partial charge on any atom is 0.251 e. The van der Waals surface area contributed by atoms with E-state index in [1.165, 1.54) is 13.0 Å². The second-order valence-corrected chi connectivity index (χ2v) is 8.11. The van der Waals surface area contributed by atoms with Gasteiger partial charge in [-0.15, -0.1) is 0 Å². The lowest BCUT2D eigenvalue weighted by Crippen LogP contribution is -2.37. The lowest BCUT2D eigenvalue weighted by molar-refractivity contribution is -0.114. The predicted molar refractivity (Wildman–Crippen MR) is 115 cm³/mol. The van der Waals surface area contributed by atoms with Crippen molar-refractivity contribution in [1.82, 2.24) is 5.32 Å². The van der Waals surface area contributed by atoms with Crippen LogP contribution < -0.4 is 15.4 Å². The van der Waals surface area contributed by atoms with Gasteiger partial charge in [-0.05, 0) is 56.2 Å². The van der Waals surface area contributed by atoms with Gasteiger partial charge in [0.05, 0.1) is 0 Å². The molecule has 2 amide bonds. The van der Waals surface area contributed by atoms with E-state index < -0.39 is 17.8 Å².